The van der Waals surface area contributed by atoms with Crippen molar-refractivity contribution in [3.63, 3.8) is 0 Å². The van der Waals surface area contributed by atoms with Gasteiger partial charge in [-0.15, -0.1) is 0 Å². The molecule has 1 N–H and O–H groups in total. The molecule has 1 aliphatic rings. The number of ether oxygens (including phenoxy) is 1. The molecule has 4 heteroatoms. The van der Waals surface area contributed by atoms with Gasteiger partial charge in [-0.25, -0.2) is 4.79 Å². The number of amides is 1. The number of nitrogens with zero attached hydrogens (tertiary/aromatic N) is 1. The maximum Gasteiger partial charge on any atom is 0.410 e. The number of unbranched alkanes of at least 4 members (excludes halogenated alkanes) is 1. The van der Waals surface area contributed by atoms with Gasteiger partial charge >= 0.3 is 6.09 Å². The van der Waals surface area contributed by atoms with Crippen molar-refractivity contribution in [2.75, 3.05) is 6.54 Å². The average molecular weight is 391 g/mol. The summed E-state index contributed by atoms with van der Waals surface area (Å²) in [5, 5.41) is 3.59. The van der Waals surface area contributed by atoms with Crippen LogP contribution in [0.2, 0.25) is 0 Å². The van der Waals surface area contributed by atoms with Crippen LogP contribution in [0.4, 0.5) is 4.79 Å². The monoisotopic (exact) mass is 390 g/mol. The minimum absolute atomic E-state index is 0.217. The van der Waals surface area contributed by atoms with Crippen LogP contribution >= 0.6 is 0 Å². The van der Waals surface area contributed by atoms with Crippen molar-refractivity contribution in [3.8, 4) is 0 Å². The fraction of sp³-hybridized carbons (Fsp3) is 0.708. The van der Waals surface area contributed by atoms with Crippen LogP contribution in [0, 0.1) is 0 Å². The second-order valence-electron chi connectivity index (χ2n) is 8.42. The summed E-state index contributed by atoms with van der Waals surface area (Å²) in [6.07, 6.45) is 5.43. The number of aryl methyl sites for hydroxylation is 1. The van der Waals surface area contributed by atoms with Crippen molar-refractivity contribution >= 4 is 6.09 Å². The van der Waals surface area contributed by atoms with Crippen LogP contribution in [0.25, 0.3) is 0 Å². The molecule has 4 nitrogen and oxygen atoms in total. The zero-order valence-corrected chi connectivity index (χ0v) is 19.2. The standard InChI is InChI=1S/C22H36N2O2.C2H6/c1-6-8-11-24(21(25)26-22(3,4)5)16-19-13-17(7-2)12-18(14-19)15-23-20-9-10-20;1-2/h12-14,20,23H,6-11,15-16H2,1-5H3;1-2H3. The Morgan fingerprint density at radius 1 is 1.11 bits per heavy atom. The fourth-order valence-corrected chi connectivity index (χ4v) is 2.92. The summed E-state index contributed by atoms with van der Waals surface area (Å²) in [6, 6.07) is 7.44. The maximum absolute atomic E-state index is 12.6. The molecule has 0 saturated heterocycles. The molecule has 28 heavy (non-hydrogen) atoms. The quantitative estimate of drug-likeness (QED) is 0.557. The number of carbonyl (C=O) groups excluding carboxylic acids is 1. The van der Waals surface area contributed by atoms with Crippen LogP contribution in [0.1, 0.15) is 90.8 Å². The summed E-state index contributed by atoms with van der Waals surface area (Å²) in [7, 11) is 0. The minimum Gasteiger partial charge on any atom is -0.444 e. The molecule has 0 bridgehead atoms. The molecule has 0 aliphatic heterocycles. The number of benzene rings is 1. The van der Waals surface area contributed by atoms with Crippen LogP contribution in [-0.4, -0.2) is 29.2 Å². The lowest BCUT2D eigenvalue weighted by Gasteiger charge is -2.27. The molecule has 2 rings (SSSR count). The van der Waals surface area contributed by atoms with Crippen molar-refractivity contribution in [2.45, 2.75) is 105 Å². The van der Waals surface area contributed by atoms with Gasteiger partial charge in [0.2, 0.25) is 0 Å². The molecule has 0 heterocycles. The third kappa shape index (κ3) is 9.59. The van der Waals surface area contributed by atoms with Crippen molar-refractivity contribution in [1.29, 1.82) is 0 Å². The van der Waals surface area contributed by atoms with Crippen molar-refractivity contribution in [2.24, 2.45) is 0 Å². The highest BCUT2D eigenvalue weighted by atomic mass is 16.6. The molecule has 0 radical (unpaired) electrons. The SMILES string of the molecule is CC.CCCCN(Cc1cc(CC)cc(CNC2CC2)c1)C(=O)OC(C)(C)C. The van der Waals surface area contributed by atoms with Crippen LogP contribution in [0.3, 0.4) is 0 Å². The Bertz CT molecular complexity index is 589. The lowest BCUT2D eigenvalue weighted by atomic mass is 10.0. The number of rotatable bonds is 9. The van der Waals surface area contributed by atoms with Gasteiger partial charge in [-0.05, 0) is 63.1 Å². The second-order valence-corrected chi connectivity index (χ2v) is 8.42. The van der Waals surface area contributed by atoms with Gasteiger partial charge in [-0.2, -0.15) is 0 Å². The van der Waals surface area contributed by atoms with Crippen LogP contribution in [0.5, 0.6) is 0 Å². The van der Waals surface area contributed by atoms with Gasteiger partial charge in [0, 0.05) is 25.7 Å². The molecule has 1 saturated carbocycles. The summed E-state index contributed by atoms with van der Waals surface area (Å²) in [4.78, 5) is 14.5. The highest BCUT2D eigenvalue weighted by Crippen LogP contribution is 2.21. The summed E-state index contributed by atoms with van der Waals surface area (Å²) >= 11 is 0. The van der Waals surface area contributed by atoms with Gasteiger partial charge < -0.3 is 15.0 Å². The van der Waals surface area contributed by atoms with Crippen LogP contribution in [-0.2, 0) is 24.2 Å². The fourth-order valence-electron chi connectivity index (χ4n) is 2.92. The summed E-state index contributed by atoms with van der Waals surface area (Å²) in [6.45, 7) is 16.3. The molecular weight excluding hydrogens is 348 g/mol. The van der Waals surface area contributed by atoms with E-state index in [-0.39, 0.29) is 6.09 Å². The molecule has 0 unspecified atom stereocenters. The predicted octanol–water partition coefficient (Wildman–Crippen LogP) is 6.06. The Morgan fingerprint density at radius 2 is 1.71 bits per heavy atom. The van der Waals surface area contributed by atoms with E-state index < -0.39 is 5.60 Å². The average Bonchev–Trinajstić information content (AvgIpc) is 3.48. The lowest BCUT2D eigenvalue weighted by Crippen LogP contribution is -2.37. The number of carbonyl (C=O) groups is 1. The van der Waals surface area contributed by atoms with Gasteiger partial charge in [-0.1, -0.05) is 52.3 Å². The van der Waals surface area contributed by atoms with E-state index in [9.17, 15) is 4.79 Å². The van der Waals surface area contributed by atoms with E-state index in [0.717, 1.165) is 32.4 Å². The molecule has 160 valence electrons. The molecule has 1 aromatic carbocycles. The lowest BCUT2D eigenvalue weighted by molar-refractivity contribution is 0.0231. The van der Waals surface area contributed by atoms with Crippen LogP contribution in [0.15, 0.2) is 18.2 Å². The maximum atomic E-state index is 12.6. The van der Waals surface area contributed by atoms with Gasteiger partial charge in [0.25, 0.3) is 0 Å². The van der Waals surface area contributed by atoms with E-state index in [2.05, 4.69) is 37.4 Å². The van der Waals surface area contributed by atoms with Gasteiger partial charge in [0.15, 0.2) is 0 Å². The first-order valence-corrected chi connectivity index (χ1v) is 11.1. The summed E-state index contributed by atoms with van der Waals surface area (Å²) in [5.74, 6) is 0. The Kier molecular flexibility index (Phi) is 10.6. The van der Waals surface area contributed by atoms with E-state index in [1.807, 2.05) is 39.5 Å². The van der Waals surface area contributed by atoms with Crippen molar-refractivity contribution < 1.29 is 9.53 Å². The van der Waals surface area contributed by atoms with Gasteiger partial charge in [-0.3, -0.25) is 0 Å². The second kappa shape index (κ2) is 12.1. The van der Waals surface area contributed by atoms with E-state index in [1.165, 1.54) is 29.5 Å². The summed E-state index contributed by atoms with van der Waals surface area (Å²) in [5.41, 5.74) is 3.37. The smallest absolute Gasteiger partial charge is 0.410 e. The number of nitrogens with one attached hydrogen (secondary N) is 1. The molecule has 0 spiro atoms. The largest absolute Gasteiger partial charge is 0.444 e. The highest BCUT2D eigenvalue weighted by molar-refractivity contribution is 5.68. The first kappa shape index (κ1) is 24.5. The zero-order chi connectivity index (χ0) is 21.2. The zero-order valence-electron chi connectivity index (χ0n) is 19.2. The molecular formula is C24H42N2O2. The molecule has 1 aromatic rings. The van der Waals surface area contributed by atoms with Crippen molar-refractivity contribution in [3.05, 3.63) is 34.9 Å². The topological polar surface area (TPSA) is 41.6 Å². The predicted molar refractivity (Wildman–Crippen MR) is 119 cm³/mol. The number of hydrogen-bond donors (Lipinski definition) is 1. The van der Waals surface area contributed by atoms with Gasteiger partial charge in [0.05, 0.1) is 0 Å². The van der Waals surface area contributed by atoms with Crippen molar-refractivity contribution in [1.82, 2.24) is 10.2 Å². The van der Waals surface area contributed by atoms with E-state index in [0.29, 0.717) is 12.6 Å². The van der Waals surface area contributed by atoms with Gasteiger partial charge in [0.1, 0.15) is 5.60 Å². The third-order valence-electron chi connectivity index (χ3n) is 4.50. The molecule has 0 aromatic heterocycles. The Morgan fingerprint density at radius 3 is 2.25 bits per heavy atom. The summed E-state index contributed by atoms with van der Waals surface area (Å²) < 4.78 is 5.62. The third-order valence-corrected chi connectivity index (χ3v) is 4.50. The molecule has 1 aliphatic carbocycles. The molecule has 1 amide bonds. The van der Waals surface area contributed by atoms with E-state index >= 15 is 0 Å². The molecule has 1 fully saturated rings. The Hall–Kier alpha value is -1.55. The van der Waals surface area contributed by atoms with Crippen LogP contribution < -0.4 is 5.32 Å². The Balaban J connectivity index is 0.00000190. The Labute approximate surface area is 173 Å². The normalized spacial score (nSPS) is 13.5. The minimum atomic E-state index is -0.466. The highest BCUT2D eigenvalue weighted by Gasteiger charge is 2.23. The number of hydrogen-bond acceptors (Lipinski definition) is 3. The first-order valence-electron chi connectivity index (χ1n) is 11.1. The van der Waals surface area contributed by atoms with E-state index in [1.54, 1.807) is 0 Å². The van der Waals surface area contributed by atoms with E-state index in [4.69, 9.17) is 4.74 Å². The molecule has 0 atom stereocenters. The first-order chi connectivity index (χ1) is 13.3.